The molecule has 114 valence electrons. The maximum absolute atomic E-state index is 14.2. The van der Waals surface area contributed by atoms with E-state index in [0.717, 1.165) is 6.42 Å². The number of hydrogen-bond donors (Lipinski definition) is 2. The van der Waals surface area contributed by atoms with Crippen molar-refractivity contribution in [3.63, 3.8) is 0 Å². The third-order valence-corrected chi connectivity index (χ3v) is 3.70. The van der Waals surface area contributed by atoms with E-state index in [4.69, 9.17) is 10.8 Å². The second-order valence-electron chi connectivity index (χ2n) is 5.45. The number of nitrogens with zero attached hydrogens (tertiary/aromatic N) is 1. The van der Waals surface area contributed by atoms with Gasteiger partial charge in [-0.2, -0.15) is 0 Å². The summed E-state index contributed by atoms with van der Waals surface area (Å²) in [5, 5.41) is 9.07. The zero-order valence-corrected chi connectivity index (χ0v) is 12.7. The predicted octanol–water partition coefficient (Wildman–Crippen LogP) is 2.70. The number of nitrogens with two attached hydrogens (primary N) is 1. The number of halogens is 1. The second kappa shape index (κ2) is 8.35. The van der Waals surface area contributed by atoms with Gasteiger partial charge >= 0.3 is 0 Å². The molecular weight excluding hydrogens is 255 g/mol. The van der Waals surface area contributed by atoms with Crippen molar-refractivity contribution >= 4 is 0 Å². The number of benzene rings is 1. The molecule has 0 saturated carbocycles. The molecule has 20 heavy (non-hydrogen) atoms. The highest BCUT2D eigenvalue weighted by Crippen LogP contribution is 2.29. The quantitative estimate of drug-likeness (QED) is 0.771. The smallest absolute Gasteiger partial charge is 0.128 e. The normalized spacial score (nSPS) is 14.8. The number of aliphatic hydroxyl groups excluding tert-OH is 1. The zero-order valence-electron chi connectivity index (χ0n) is 12.7. The van der Waals surface area contributed by atoms with E-state index < -0.39 is 0 Å². The topological polar surface area (TPSA) is 49.5 Å². The van der Waals surface area contributed by atoms with Gasteiger partial charge in [0.1, 0.15) is 5.82 Å². The predicted molar refractivity (Wildman–Crippen MR) is 81.0 cm³/mol. The molecule has 1 aromatic carbocycles. The third-order valence-electron chi connectivity index (χ3n) is 3.70. The second-order valence-corrected chi connectivity index (χ2v) is 5.45. The summed E-state index contributed by atoms with van der Waals surface area (Å²) in [5.41, 5.74) is 6.90. The van der Waals surface area contributed by atoms with Crippen LogP contribution in [0.15, 0.2) is 24.3 Å². The molecule has 2 unspecified atom stereocenters. The van der Waals surface area contributed by atoms with E-state index in [1.54, 1.807) is 6.07 Å². The van der Waals surface area contributed by atoms with E-state index in [1.165, 1.54) is 6.07 Å². The Balaban J connectivity index is 3.12. The summed E-state index contributed by atoms with van der Waals surface area (Å²) in [6.45, 7) is 7.01. The van der Waals surface area contributed by atoms with E-state index in [-0.39, 0.29) is 30.5 Å². The Morgan fingerprint density at radius 1 is 1.30 bits per heavy atom. The van der Waals surface area contributed by atoms with Gasteiger partial charge in [-0.15, -0.1) is 0 Å². The lowest BCUT2D eigenvalue weighted by atomic mass is 9.94. The lowest BCUT2D eigenvalue weighted by Gasteiger charge is -2.38. The minimum absolute atomic E-state index is 0.131. The Hall–Kier alpha value is -0.970. The Labute approximate surface area is 121 Å². The molecule has 0 amide bonds. The van der Waals surface area contributed by atoms with E-state index in [0.29, 0.717) is 18.5 Å². The van der Waals surface area contributed by atoms with Gasteiger partial charge < -0.3 is 10.8 Å². The van der Waals surface area contributed by atoms with Gasteiger partial charge in [0.25, 0.3) is 0 Å². The molecule has 1 aromatic rings. The monoisotopic (exact) mass is 282 g/mol. The van der Waals surface area contributed by atoms with Gasteiger partial charge in [-0.25, -0.2) is 4.39 Å². The third kappa shape index (κ3) is 4.27. The van der Waals surface area contributed by atoms with Crippen molar-refractivity contribution in [2.75, 3.05) is 13.2 Å². The molecule has 0 radical (unpaired) electrons. The van der Waals surface area contributed by atoms with Crippen LogP contribution in [0, 0.1) is 5.82 Å². The van der Waals surface area contributed by atoms with Crippen LogP contribution >= 0.6 is 0 Å². The van der Waals surface area contributed by atoms with Crippen LogP contribution in [-0.2, 0) is 0 Å². The SMILES string of the molecule is CCC(N)C(c1ccccc1F)N(CCCO)C(C)C. The molecule has 0 bridgehead atoms. The van der Waals surface area contributed by atoms with Crippen molar-refractivity contribution in [1.29, 1.82) is 0 Å². The first-order valence-electron chi connectivity index (χ1n) is 7.39. The van der Waals surface area contributed by atoms with Crippen molar-refractivity contribution < 1.29 is 9.50 Å². The van der Waals surface area contributed by atoms with Crippen molar-refractivity contribution in [3.8, 4) is 0 Å². The highest BCUT2D eigenvalue weighted by atomic mass is 19.1. The highest BCUT2D eigenvalue weighted by Gasteiger charge is 2.29. The van der Waals surface area contributed by atoms with Crippen LogP contribution in [0.25, 0.3) is 0 Å². The molecule has 0 fully saturated rings. The number of hydrogen-bond acceptors (Lipinski definition) is 3. The lowest BCUT2D eigenvalue weighted by molar-refractivity contribution is 0.115. The summed E-state index contributed by atoms with van der Waals surface area (Å²) in [5.74, 6) is -0.212. The van der Waals surface area contributed by atoms with E-state index in [9.17, 15) is 4.39 Å². The molecule has 0 spiro atoms. The van der Waals surface area contributed by atoms with Crippen LogP contribution in [-0.4, -0.2) is 35.2 Å². The van der Waals surface area contributed by atoms with Gasteiger partial charge in [0.05, 0.1) is 6.04 Å². The first-order chi connectivity index (χ1) is 9.52. The Kier molecular flexibility index (Phi) is 7.13. The molecule has 0 aliphatic rings. The average molecular weight is 282 g/mol. The fourth-order valence-electron chi connectivity index (χ4n) is 2.57. The zero-order chi connectivity index (χ0) is 15.1. The van der Waals surface area contributed by atoms with Crippen LogP contribution in [0.4, 0.5) is 4.39 Å². The largest absolute Gasteiger partial charge is 0.396 e. The molecule has 2 atom stereocenters. The molecule has 0 aromatic heterocycles. The molecule has 0 saturated heterocycles. The van der Waals surface area contributed by atoms with E-state index >= 15 is 0 Å². The summed E-state index contributed by atoms with van der Waals surface area (Å²) < 4.78 is 14.2. The van der Waals surface area contributed by atoms with Gasteiger partial charge in [-0.1, -0.05) is 25.1 Å². The molecule has 1 rings (SSSR count). The van der Waals surface area contributed by atoms with Crippen LogP contribution in [0.5, 0.6) is 0 Å². The Morgan fingerprint density at radius 3 is 2.45 bits per heavy atom. The fraction of sp³-hybridized carbons (Fsp3) is 0.625. The van der Waals surface area contributed by atoms with Crippen LogP contribution in [0.3, 0.4) is 0 Å². The summed E-state index contributed by atoms with van der Waals surface area (Å²) in [6.07, 6.45) is 1.45. The summed E-state index contributed by atoms with van der Waals surface area (Å²) in [6, 6.07) is 6.78. The van der Waals surface area contributed by atoms with Gasteiger partial charge in [0.2, 0.25) is 0 Å². The summed E-state index contributed by atoms with van der Waals surface area (Å²) in [4.78, 5) is 2.18. The van der Waals surface area contributed by atoms with Gasteiger partial charge in [-0.3, -0.25) is 4.90 Å². The van der Waals surface area contributed by atoms with Crippen molar-refractivity contribution in [2.24, 2.45) is 5.73 Å². The summed E-state index contributed by atoms with van der Waals surface area (Å²) in [7, 11) is 0. The van der Waals surface area contributed by atoms with Gasteiger partial charge in [0.15, 0.2) is 0 Å². The minimum Gasteiger partial charge on any atom is -0.396 e. The van der Waals surface area contributed by atoms with Crippen LogP contribution in [0.2, 0.25) is 0 Å². The Morgan fingerprint density at radius 2 is 1.95 bits per heavy atom. The molecule has 0 aliphatic carbocycles. The van der Waals surface area contributed by atoms with Crippen LogP contribution in [0.1, 0.15) is 45.2 Å². The first kappa shape index (κ1) is 17.1. The van der Waals surface area contributed by atoms with E-state index in [2.05, 4.69) is 18.7 Å². The molecule has 0 aliphatic heterocycles. The maximum Gasteiger partial charge on any atom is 0.128 e. The van der Waals surface area contributed by atoms with Crippen molar-refractivity contribution in [1.82, 2.24) is 4.90 Å². The van der Waals surface area contributed by atoms with Crippen molar-refractivity contribution in [3.05, 3.63) is 35.6 Å². The molecule has 3 N–H and O–H groups in total. The Bertz CT molecular complexity index is 398. The molecule has 0 heterocycles. The standard InChI is InChI=1S/C16H27FN2O/c1-4-15(18)16(13-8-5-6-9-14(13)17)19(12(2)3)10-7-11-20/h5-6,8-9,12,15-16,20H,4,7,10-11,18H2,1-3H3. The average Bonchev–Trinajstić information content (AvgIpc) is 2.43. The van der Waals surface area contributed by atoms with Gasteiger partial charge in [-0.05, 0) is 32.8 Å². The summed E-state index contributed by atoms with van der Waals surface area (Å²) >= 11 is 0. The van der Waals surface area contributed by atoms with Crippen LogP contribution < -0.4 is 5.73 Å². The lowest BCUT2D eigenvalue weighted by Crippen LogP contribution is -2.45. The highest BCUT2D eigenvalue weighted by molar-refractivity contribution is 5.23. The number of rotatable bonds is 8. The first-order valence-corrected chi connectivity index (χ1v) is 7.39. The van der Waals surface area contributed by atoms with E-state index in [1.807, 2.05) is 19.1 Å². The van der Waals surface area contributed by atoms with Crippen molar-refractivity contribution in [2.45, 2.75) is 51.7 Å². The van der Waals surface area contributed by atoms with Gasteiger partial charge in [0, 0.05) is 30.8 Å². The maximum atomic E-state index is 14.2. The minimum atomic E-state index is -0.212. The number of aliphatic hydroxyl groups is 1. The molecule has 4 heteroatoms. The fourth-order valence-corrected chi connectivity index (χ4v) is 2.57. The molecular formula is C16H27FN2O. The molecule has 3 nitrogen and oxygen atoms in total.